The zero-order chi connectivity index (χ0) is 55.9. The molecule has 2 fully saturated rings. The van der Waals surface area contributed by atoms with Gasteiger partial charge in [-0.2, -0.15) is 63.2 Å². The summed E-state index contributed by atoms with van der Waals surface area (Å²) in [5.74, 6) is 0. The van der Waals surface area contributed by atoms with E-state index in [0.29, 0.717) is 60.9 Å². The Morgan fingerprint density at radius 2 is 0.712 bits per heavy atom. The van der Waals surface area contributed by atoms with E-state index < -0.39 is 97.0 Å². The van der Waals surface area contributed by atoms with Crippen LogP contribution in [0.25, 0.3) is 22.3 Å². The van der Waals surface area contributed by atoms with Crippen LogP contribution in [0.4, 0.5) is 86.4 Å². The van der Waals surface area contributed by atoms with Gasteiger partial charge in [0, 0.05) is 73.7 Å². The second-order valence-corrected chi connectivity index (χ2v) is 26.2. The van der Waals surface area contributed by atoms with E-state index in [9.17, 15) is 86.4 Å². The van der Waals surface area contributed by atoms with Gasteiger partial charge in [0.25, 0.3) is 0 Å². The van der Waals surface area contributed by atoms with Gasteiger partial charge in [-0.3, -0.25) is 19.8 Å². The molecule has 0 amide bonds. The number of alkyl halides is 12. The van der Waals surface area contributed by atoms with E-state index in [-0.39, 0.29) is 53.4 Å². The molecule has 0 bridgehead atoms. The van der Waals surface area contributed by atoms with E-state index in [0.717, 1.165) is 38.1 Å². The minimum absolute atomic E-state index is 0. The SMILES string of the molecule is CC#N.CC#N.FC(F)(F)c1cccc(C(F)(F)F)c1-c1ccc(CN2CCC[C@@H]2[C@H]2CCCN2Cc2ccc(-c3c(C(F)(F)F)cccc3C(F)(F)F)cn2)nc1.[F][Sb-]([F])([F])([F])([F])[F].[F][Sb-]([F])([F])([F])([F])[F].[Fe+2]. The average Bonchev–Trinajstić information content (AvgIpc) is 3.84. The Balaban J connectivity index is 0.00000108. The van der Waals surface area contributed by atoms with Crippen molar-refractivity contribution >= 4 is 39.0 Å². The molecule has 412 valence electrons. The van der Waals surface area contributed by atoms with Gasteiger partial charge < -0.3 is 0 Å². The van der Waals surface area contributed by atoms with Gasteiger partial charge in [0.05, 0.1) is 45.8 Å². The molecule has 0 aliphatic carbocycles. The molecule has 2 aliphatic rings. The second-order valence-electron chi connectivity index (χ2n) is 15.2. The molecule has 4 heterocycles. The molecule has 6 rings (SSSR count). The largest absolute Gasteiger partial charge is 2.00 e. The van der Waals surface area contributed by atoms with Crippen molar-refractivity contribution in [2.75, 3.05) is 13.1 Å². The summed E-state index contributed by atoms with van der Waals surface area (Å²) in [5.41, 5.74) is -7.39. The van der Waals surface area contributed by atoms with Crippen LogP contribution in [0.2, 0.25) is 0 Å². The van der Waals surface area contributed by atoms with Crippen LogP contribution in [0.5, 0.6) is 0 Å². The Bertz CT molecular complexity index is 2270. The molecule has 2 saturated heterocycles. The first-order valence-corrected chi connectivity index (χ1v) is 31.3. The van der Waals surface area contributed by atoms with Gasteiger partial charge in [-0.1, -0.05) is 24.3 Å². The molecule has 73 heavy (non-hydrogen) atoms. The zero-order valence-corrected chi connectivity index (χ0v) is 43.0. The minimum Gasteiger partial charge on any atom is 2.00 e. The number of likely N-dealkylation sites (tertiary alicyclic amines) is 2. The third kappa shape index (κ3) is 25.5. The molecular weight excluding hydrogens is 1320 g/mol. The summed E-state index contributed by atoms with van der Waals surface area (Å²) in [6.45, 7) is 4.77. The van der Waals surface area contributed by atoms with Gasteiger partial charge in [-0.15, -0.1) is 0 Å². The molecule has 33 heteroatoms. The Hall–Kier alpha value is -3.88. The van der Waals surface area contributed by atoms with E-state index >= 15 is 0 Å². The van der Waals surface area contributed by atoms with Gasteiger partial charge in [0.2, 0.25) is 0 Å². The molecule has 2 aromatic heterocycles. The zero-order valence-electron chi connectivity index (χ0n) is 36.7. The Labute approximate surface area is 414 Å². The van der Waals surface area contributed by atoms with E-state index in [1.165, 1.54) is 38.1 Å². The average molecular weight is 1360 g/mol. The molecule has 6 nitrogen and oxygen atoms in total. The number of rotatable bonds is 7. The third-order valence-corrected chi connectivity index (χ3v) is 9.58. The Kier molecular flexibility index (Phi) is 20.9. The first kappa shape index (κ1) is 67.1. The van der Waals surface area contributed by atoms with Crippen LogP contribution >= 0.6 is 0 Å². The van der Waals surface area contributed by atoms with Crippen molar-refractivity contribution in [3.05, 3.63) is 107 Å². The fourth-order valence-corrected chi connectivity index (χ4v) is 7.39. The van der Waals surface area contributed by atoms with Gasteiger partial charge in [0.15, 0.2) is 0 Å². The van der Waals surface area contributed by atoms with Crippen molar-refractivity contribution in [2.45, 2.75) is 89.4 Å². The van der Waals surface area contributed by atoms with Gasteiger partial charge in [0.1, 0.15) is 0 Å². The number of nitrogens with zero attached hydrogens (tertiary/aromatic N) is 6. The van der Waals surface area contributed by atoms with Crippen LogP contribution in [-0.4, -0.2) is 83.9 Å². The van der Waals surface area contributed by atoms with Crippen LogP contribution in [-0.2, 0) is 54.9 Å². The van der Waals surface area contributed by atoms with Gasteiger partial charge in [-0.25, -0.2) is 0 Å². The van der Waals surface area contributed by atoms with E-state index in [2.05, 4.69) is 19.8 Å². The van der Waals surface area contributed by atoms with E-state index in [1.807, 2.05) is 0 Å². The summed E-state index contributed by atoms with van der Waals surface area (Å²) in [6, 6.07) is 12.6. The standard InChI is InChI=1S/C36H30F12N4.2C2H3N.12FH.Fe.2Sb/c37-33(38,39)25-5-1-6-26(34(40,41)42)31(25)21-11-13-23(49-17-21)19-51-15-3-9-29(51)30-10-4-16-52(30)20-24-14-12-22(18-50-24)32-27(35(43,44)45)7-2-8-28(32)36(46,47)48;2*1-2-3;;;;;;;;;;;;;;;/h1-2,5-8,11-14,17-18,29-30H,3-4,9-10,15-16,19-20H2;2*1H3;12*1H;;;/q;;;;;;;;;;;;;;;+2;2*+5/p-12/t29-,30-;;;;;;;;;;;;;;;;;/m1................./s1. The smallest absolute Gasteiger partial charge is 2.00 e. The number of nitriles is 2. The maximum Gasteiger partial charge on any atom is 2.00 e. The van der Waals surface area contributed by atoms with Crippen LogP contribution < -0.4 is 0 Å². The van der Waals surface area contributed by atoms with E-state index in [1.54, 1.807) is 12.1 Å². The molecule has 0 spiro atoms. The number of hydrogen-bond donors (Lipinski definition) is 0. The van der Waals surface area contributed by atoms with Crippen molar-refractivity contribution in [1.29, 1.82) is 10.5 Å². The number of pyridine rings is 2. The van der Waals surface area contributed by atoms with Gasteiger partial charge >= 0.3 is 114 Å². The fraction of sp³-hybridized carbons (Fsp3) is 0.400. The second kappa shape index (κ2) is 22.8. The topological polar surface area (TPSA) is 79.8 Å². The normalized spacial score (nSPS) is 18.5. The molecule has 0 radical (unpaired) electrons. The molecule has 2 aliphatic heterocycles. The maximum atomic E-state index is 13.7. The summed E-state index contributed by atoms with van der Waals surface area (Å²) in [6.07, 6.45) is -14.8. The van der Waals surface area contributed by atoms with Crippen molar-refractivity contribution in [3.63, 3.8) is 0 Å². The Morgan fingerprint density at radius 3 is 0.904 bits per heavy atom. The third-order valence-electron chi connectivity index (χ3n) is 9.58. The number of halogens is 24. The summed E-state index contributed by atoms with van der Waals surface area (Å²) in [7, 11) is 0. The minimum atomic E-state index is -11.2. The number of benzene rings is 2. The predicted molar refractivity (Wildman–Crippen MR) is 214 cm³/mol. The molecule has 2 atom stereocenters. The monoisotopic (exact) mass is 1350 g/mol. The Morgan fingerprint density at radius 1 is 0.479 bits per heavy atom. The number of hydrogen-bond acceptors (Lipinski definition) is 6. The molecular formula is C40H36F24FeN6Sb2. The molecule has 2 aromatic carbocycles. The van der Waals surface area contributed by atoms with Crippen LogP contribution in [0.1, 0.15) is 73.2 Å². The van der Waals surface area contributed by atoms with Crippen LogP contribution in [0, 0.1) is 22.7 Å². The summed E-state index contributed by atoms with van der Waals surface area (Å²) >= 11 is -22.5. The molecule has 4 aromatic rings. The summed E-state index contributed by atoms with van der Waals surface area (Å²) in [4.78, 5) is 12.8. The van der Waals surface area contributed by atoms with Crippen molar-refractivity contribution in [2.24, 2.45) is 0 Å². The number of aromatic nitrogens is 2. The first-order chi connectivity index (χ1) is 32.0. The van der Waals surface area contributed by atoms with Crippen molar-refractivity contribution in [3.8, 4) is 34.4 Å². The molecule has 0 saturated carbocycles. The van der Waals surface area contributed by atoms with Gasteiger partial charge in [-0.05, 0) is 75.2 Å². The summed E-state index contributed by atoms with van der Waals surface area (Å²) < 4.78 is 284. The fourth-order valence-electron chi connectivity index (χ4n) is 7.39. The maximum absolute atomic E-state index is 13.7. The van der Waals surface area contributed by atoms with E-state index in [4.69, 9.17) is 10.5 Å². The van der Waals surface area contributed by atoms with Crippen LogP contribution in [0.15, 0.2) is 73.1 Å². The van der Waals surface area contributed by atoms with Crippen LogP contribution in [0.3, 0.4) is 0 Å². The molecule has 0 unspecified atom stereocenters. The van der Waals surface area contributed by atoms with Crippen molar-refractivity contribution < 1.29 is 104 Å². The quantitative estimate of drug-likeness (QED) is 0.135. The van der Waals surface area contributed by atoms with Crippen molar-refractivity contribution in [1.82, 2.24) is 19.8 Å². The predicted octanol–water partition coefficient (Wildman–Crippen LogP) is 15.9. The first-order valence-electron chi connectivity index (χ1n) is 19.7. The molecule has 0 N–H and O–H groups in total. The summed E-state index contributed by atoms with van der Waals surface area (Å²) in [5, 5.41) is 14.6.